The summed E-state index contributed by atoms with van der Waals surface area (Å²) >= 11 is 0. The van der Waals surface area contributed by atoms with Crippen LogP contribution in [0.15, 0.2) is 12.2 Å². The minimum atomic E-state index is -1.01. The van der Waals surface area contributed by atoms with E-state index in [0.717, 1.165) is 12.8 Å². The highest BCUT2D eigenvalue weighted by molar-refractivity contribution is 4.88. The fourth-order valence-electron chi connectivity index (χ4n) is 3.65. The molecule has 1 fully saturated rings. The number of hydrogen-bond acceptors (Lipinski definition) is 5. The van der Waals surface area contributed by atoms with Gasteiger partial charge in [-0.2, -0.15) is 0 Å². The van der Waals surface area contributed by atoms with E-state index in [9.17, 15) is 15.3 Å². The molecule has 5 nitrogen and oxygen atoms in total. The molecule has 0 spiro atoms. The zero-order valence-corrected chi connectivity index (χ0v) is 17.9. The zero-order chi connectivity index (χ0) is 20.5. The molecule has 0 aromatic carbocycles. The molecule has 0 amide bonds. The molecule has 4 atom stereocenters. The molecular weight excluding hydrogens is 356 g/mol. The first kappa shape index (κ1) is 25.6. The molecule has 0 saturated carbocycles. The van der Waals surface area contributed by atoms with Crippen molar-refractivity contribution in [3.63, 3.8) is 0 Å². The van der Waals surface area contributed by atoms with Gasteiger partial charge in [0.05, 0.1) is 19.8 Å². The predicted molar refractivity (Wildman–Crippen MR) is 113 cm³/mol. The molecule has 1 aliphatic heterocycles. The highest BCUT2D eigenvalue weighted by Gasteiger charge is 2.39. The van der Waals surface area contributed by atoms with Crippen LogP contribution in [0.2, 0.25) is 0 Å². The van der Waals surface area contributed by atoms with Crippen LogP contribution in [0, 0.1) is 0 Å². The van der Waals surface area contributed by atoms with Crippen LogP contribution in [0.3, 0.4) is 0 Å². The SMILES string of the molecule is CCCCCCCCCCCCC/C=C/CCO[C@H]1[C@H](O)[C@@H](O)CO[C@@H]1CO. The lowest BCUT2D eigenvalue weighted by Crippen LogP contribution is -2.55. The van der Waals surface area contributed by atoms with Gasteiger partial charge in [-0.15, -0.1) is 0 Å². The Morgan fingerprint density at radius 3 is 2.04 bits per heavy atom. The topological polar surface area (TPSA) is 79.2 Å². The molecule has 0 aliphatic carbocycles. The summed E-state index contributed by atoms with van der Waals surface area (Å²) in [5, 5.41) is 28.9. The number of allylic oxidation sites excluding steroid dienone is 1. The minimum Gasteiger partial charge on any atom is -0.394 e. The Labute approximate surface area is 172 Å². The maximum Gasteiger partial charge on any atom is 0.114 e. The molecule has 0 bridgehead atoms. The molecule has 0 radical (unpaired) electrons. The molecule has 0 unspecified atom stereocenters. The second-order valence-corrected chi connectivity index (χ2v) is 8.03. The predicted octanol–water partition coefficient (Wildman–Crippen LogP) is 4.13. The maximum absolute atomic E-state index is 9.98. The molecule has 1 rings (SSSR count). The van der Waals surface area contributed by atoms with Gasteiger partial charge in [0.1, 0.15) is 24.4 Å². The Morgan fingerprint density at radius 1 is 0.857 bits per heavy atom. The lowest BCUT2D eigenvalue weighted by atomic mass is 10.0. The van der Waals surface area contributed by atoms with Crippen molar-refractivity contribution in [1.82, 2.24) is 0 Å². The third-order valence-corrected chi connectivity index (χ3v) is 5.49. The van der Waals surface area contributed by atoms with Crippen LogP contribution in [0.4, 0.5) is 0 Å². The summed E-state index contributed by atoms with van der Waals surface area (Å²) in [4.78, 5) is 0. The first-order valence-electron chi connectivity index (χ1n) is 11.6. The van der Waals surface area contributed by atoms with Crippen LogP contribution in [0.5, 0.6) is 0 Å². The Morgan fingerprint density at radius 2 is 1.43 bits per heavy atom. The Hall–Kier alpha value is -0.460. The van der Waals surface area contributed by atoms with Crippen molar-refractivity contribution in [1.29, 1.82) is 0 Å². The number of aliphatic hydroxyl groups excluding tert-OH is 3. The number of aliphatic hydroxyl groups is 3. The highest BCUT2D eigenvalue weighted by atomic mass is 16.6. The molecule has 1 saturated heterocycles. The van der Waals surface area contributed by atoms with Crippen LogP contribution >= 0.6 is 0 Å². The summed E-state index contributed by atoms with van der Waals surface area (Å²) < 4.78 is 10.9. The maximum atomic E-state index is 9.98. The number of rotatable bonds is 17. The quantitative estimate of drug-likeness (QED) is 0.253. The monoisotopic (exact) mass is 400 g/mol. The average molecular weight is 401 g/mol. The lowest BCUT2D eigenvalue weighted by molar-refractivity contribution is -0.211. The van der Waals surface area contributed by atoms with Crippen LogP contribution < -0.4 is 0 Å². The van der Waals surface area contributed by atoms with Crippen molar-refractivity contribution >= 4 is 0 Å². The number of ether oxygens (including phenoxy) is 2. The van der Waals surface area contributed by atoms with Gasteiger partial charge in [-0.05, 0) is 19.3 Å². The van der Waals surface area contributed by atoms with Gasteiger partial charge in [0.2, 0.25) is 0 Å². The van der Waals surface area contributed by atoms with Crippen LogP contribution in [0.25, 0.3) is 0 Å². The summed E-state index contributed by atoms with van der Waals surface area (Å²) in [7, 11) is 0. The Bertz CT molecular complexity index is 372. The third kappa shape index (κ3) is 11.5. The summed E-state index contributed by atoms with van der Waals surface area (Å²) in [6.45, 7) is 2.53. The molecule has 1 heterocycles. The van der Waals surface area contributed by atoms with E-state index in [1.165, 1.54) is 70.6 Å². The minimum absolute atomic E-state index is 0.0329. The smallest absolute Gasteiger partial charge is 0.114 e. The summed E-state index contributed by atoms with van der Waals surface area (Å²) in [6.07, 6.45) is 18.0. The van der Waals surface area contributed by atoms with Crippen molar-refractivity contribution in [3.8, 4) is 0 Å². The van der Waals surface area contributed by atoms with Crippen molar-refractivity contribution in [2.75, 3.05) is 19.8 Å². The van der Waals surface area contributed by atoms with E-state index in [-0.39, 0.29) is 13.2 Å². The number of unbranched alkanes of at least 4 members (excludes halogenated alkanes) is 11. The summed E-state index contributed by atoms with van der Waals surface area (Å²) in [5.74, 6) is 0. The first-order chi connectivity index (χ1) is 13.7. The van der Waals surface area contributed by atoms with Gasteiger partial charge in [-0.3, -0.25) is 0 Å². The normalized spacial score (nSPS) is 25.6. The Balaban J connectivity index is 1.91. The van der Waals surface area contributed by atoms with Gasteiger partial charge in [0.25, 0.3) is 0 Å². The second kappa shape index (κ2) is 17.4. The van der Waals surface area contributed by atoms with Crippen LogP contribution in [-0.2, 0) is 9.47 Å². The molecule has 0 aromatic heterocycles. The van der Waals surface area contributed by atoms with Crippen molar-refractivity contribution in [2.24, 2.45) is 0 Å². The fraction of sp³-hybridized carbons (Fsp3) is 0.913. The van der Waals surface area contributed by atoms with E-state index in [1.807, 2.05) is 0 Å². The van der Waals surface area contributed by atoms with Crippen LogP contribution in [-0.4, -0.2) is 59.6 Å². The molecular formula is C23H44O5. The van der Waals surface area contributed by atoms with Crippen molar-refractivity contribution in [2.45, 2.75) is 115 Å². The van der Waals surface area contributed by atoms with Crippen LogP contribution in [0.1, 0.15) is 90.4 Å². The van der Waals surface area contributed by atoms with E-state index in [1.54, 1.807) is 0 Å². The van der Waals surface area contributed by atoms with E-state index in [0.29, 0.717) is 6.61 Å². The van der Waals surface area contributed by atoms with E-state index in [4.69, 9.17) is 9.47 Å². The molecule has 166 valence electrons. The summed E-state index contributed by atoms with van der Waals surface area (Å²) in [5.41, 5.74) is 0. The van der Waals surface area contributed by atoms with E-state index in [2.05, 4.69) is 19.1 Å². The Kier molecular flexibility index (Phi) is 15.9. The zero-order valence-electron chi connectivity index (χ0n) is 17.9. The molecule has 0 aromatic rings. The van der Waals surface area contributed by atoms with Crippen molar-refractivity contribution in [3.05, 3.63) is 12.2 Å². The van der Waals surface area contributed by atoms with Gasteiger partial charge < -0.3 is 24.8 Å². The van der Waals surface area contributed by atoms with Gasteiger partial charge in [-0.1, -0.05) is 83.3 Å². The largest absolute Gasteiger partial charge is 0.394 e. The second-order valence-electron chi connectivity index (χ2n) is 8.03. The molecule has 3 N–H and O–H groups in total. The third-order valence-electron chi connectivity index (χ3n) is 5.49. The van der Waals surface area contributed by atoms with Gasteiger partial charge in [0, 0.05) is 0 Å². The lowest BCUT2D eigenvalue weighted by Gasteiger charge is -2.37. The van der Waals surface area contributed by atoms with E-state index >= 15 is 0 Å². The summed E-state index contributed by atoms with van der Waals surface area (Å²) in [6, 6.07) is 0. The fourth-order valence-corrected chi connectivity index (χ4v) is 3.65. The highest BCUT2D eigenvalue weighted by Crippen LogP contribution is 2.19. The number of hydrogen-bond donors (Lipinski definition) is 3. The molecule has 28 heavy (non-hydrogen) atoms. The first-order valence-corrected chi connectivity index (χ1v) is 11.6. The standard InChI is InChI=1S/C23H44O5/c1-2-3-4-5-6-7-8-9-10-11-12-13-14-15-16-17-27-23-21(18-24)28-19-20(25)22(23)26/h14-15,20-26H,2-13,16-19H2,1H3/b15-14+/t20-,21+,22+,23+/m0/s1. The average Bonchev–Trinajstić information content (AvgIpc) is 2.70. The van der Waals surface area contributed by atoms with Crippen molar-refractivity contribution < 1.29 is 24.8 Å². The van der Waals surface area contributed by atoms with Gasteiger partial charge >= 0.3 is 0 Å². The van der Waals surface area contributed by atoms with Gasteiger partial charge in [-0.25, -0.2) is 0 Å². The molecule has 5 heteroatoms. The van der Waals surface area contributed by atoms with E-state index < -0.39 is 24.4 Å². The van der Waals surface area contributed by atoms with Gasteiger partial charge in [0.15, 0.2) is 0 Å². The molecule has 1 aliphatic rings.